The number of aliphatic carboxylic acids is 1. The van der Waals surface area contributed by atoms with Gasteiger partial charge in [-0.05, 0) is 13.8 Å². The molecule has 0 bridgehead atoms. The Kier molecular flexibility index (Phi) is 3.12. The highest BCUT2D eigenvalue weighted by atomic mass is 19.3. The summed E-state index contributed by atoms with van der Waals surface area (Å²) in [5, 5.41) is 18.9. The Morgan fingerprint density at radius 2 is 1.92 bits per heavy atom. The quantitative estimate of drug-likeness (QED) is 0.390. The molecule has 6 heteroatoms. The largest absolute Gasteiger partial charge is 0.481 e. The van der Waals surface area contributed by atoms with Gasteiger partial charge in [-0.15, -0.1) is 0 Å². The molecule has 0 radical (unpaired) electrons. The van der Waals surface area contributed by atoms with Gasteiger partial charge in [0.25, 0.3) is 6.43 Å². The average Bonchev–Trinajstić information content (AvgIpc) is 1.86. The fraction of sp³-hybridized carbons (Fsp3) is 0.667. The minimum absolute atomic E-state index is 1.04. The molecule has 0 aliphatic carbocycles. The van der Waals surface area contributed by atoms with Crippen LogP contribution in [0.5, 0.6) is 0 Å². The van der Waals surface area contributed by atoms with Crippen LogP contribution in [-0.2, 0) is 4.79 Å². The monoisotopic (exact) mass is 181 g/mol. The van der Waals surface area contributed by atoms with Crippen LogP contribution < -0.4 is 0 Å². The summed E-state index contributed by atoms with van der Waals surface area (Å²) in [6.07, 6.45) is -3.07. The molecule has 0 amide bonds. The third-order valence-corrected chi connectivity index (χ3v) is 1.49. The first kappa shape index (κ1) is 10.8. The molecule has 0 spiro atoms. The van der Waals surface area contributed by atoms with Gasteiger partial charge in [-0.3, -0.25) is 4.79 Å². The van der Waals surface area contributed by atoms with E-state index in [9.17, 15) is 13.6 Å². The Balaban J connectivity index is 4.87. The molecule has 0 aliphatic rings. The molecule has 0 aliphatic heterocycles. The van der Waals surface area contributed by atoms with Crippen LogP contribution in [-0.4, -0.2) is 28.4 Å². The Morgan fingerprint density at radius 3 is 2.00 bits per heavy atom. The van der Waals surface area contributed by atoms with Crippen molar-refractivity contribution >= 4 is 11.7 Å². The van der Waals surface area contributed by atoms with E-state index in [2.05, 4.69) is 5.16 Å². The van der Waals surface area contributed by atoms with Crippen molar-refractivity contribution in [2.24, 2.45) is 10.6 Å². The summed E-state index contributed by atoms with van der Waals surface area (Å²) in [5.74, 6) is -1.46. The van der Waals surface area contributed by atoms with Crippen LogP contribution in [0, 0.1) is 5.41 Å². The second kappa shape index (κ2) is 3.46. The topological polar surface area (TPSA) is 69.9 Å². The van der Waals surface area contributed by atoms with Gasteiger partial charge in [-0.25, -0.2) is 8.78 Å². The van der Waals surface area contributed by atoms with E-state index in [1.807, 2.05) is 0 Å². The molecule has 0 fully saturated rings. The van der Waals surface area contributed by atoms with E-state index in [-0.39, 0.29) is 0 Å². The van der Waals surface area contributed by atoms with Crippen molar-refractivity contribution in [2.45, 2.75) is 20.3 Å². The van der Waals surface area contributed by atoms with E-state index in [0.717, 1.165) is 13.8 Å². The predicted molar refractivity (Wildman–Crippen MR) is 36.6 cm³/mol. The SMILES string of the molecule is CC(C)(C(=O)O)/C(=N/O)C(F)F. The summed E-state index contributed by atoms with van der Waals surface area (Å²) >= 11 is 0. The number of alkyl halides is 2. The van der Waals surface area contributed by atoms with Gasteiger partial charge in [0.05, 0.1) is 0 Å². The molecule has 0 atom stereocenters. The fourth-order valence-electron chi connectivity index (χ4n) is 0.551. The van der Waals surface area contributed by atoms with Crippen molar-refractivity contribution in [1.29, 1.82) is 0 Å². The number of hydrogen-bond donors (Lipinski definition) is 2. The van der Waals surface area contributed by atoms with Crippen LogP contribution in [0.4, 0.5) is 8.78 Å². The molecule has 0 aromatic heterocycles. The zero-order chi connectivity index (χ0) is 9.94. The number of hydrogen-bond acceptors (Lipinski definition) is 3. The number of carboxylic acid groups (broad SMARTS) is 1. The molecule has 0 unspecified atom stereocenters. The Labute approximate surface area is 67.5 Å². The molecule has 0 heterocycles. The van der Waals surface area contributed by atoms with Crippen molar-refractivity contribution in [1.82, 2.24) is 0 Å². The lowest BCUT2D eigenvalue weighted by Crippen LogP contribution is -2.37. The van der Waals surface area contributed by atoms with Crippen molar-refractivity contribution in [3.63, 3.8) is 0 Å². The van der Waals surface area contributed by atoms with E-state index < -0.39 is 23.5 Å². The van der Waals surface area contributed by atoms with Gasteiger partial charge >= 0.3 is 5.97 Å². The Bertz CT molecular complexity index is 213. The first-order valence-corrected chi connectivity index (χ1v) is 3.08. The molecule has 12 heavy (non-hydrogen) atoms. The summed E-state index contributed by atoms with van der Waals surface area (Å²) < 4.78 is 24.0. The fourth-order valence-corrected chi connectivity index (χ4v) is 0.551. The smallest absolute Gasteiger partial charge is 0.315 e. The first-order chi connectivity index (χ1) is 5.34. The number of rotatable bonds is 3. The molecule has 0 aromatic carbocycles. The summed E-state index contributed by atoms with van der Waals surface area (Å²) in [6.45, 7) is 2.08. The van der Waals surface area contributed by atoms with Crippen LogP contribution in [0.3, 0.4) is 0 Å². The van der Waals surface area contributed by atoms with Gasteiger partial charge in [0, 0.05) is 0 Å². The Morgan fingerprint density at radius 1 is 1.50 bits per heavy atom. The van der Waals surface area contributed by atoms with Crippen LogP contribution >= 0.6 is 0 Å². The zero-order valence-corrected chi connectivity index (χ0v) is 6.58. The van der Waals surface area contributed by atoms with E-state index >= 15 is 0 Å². The van der Waals surface area contributed by atoms with Crippen molar-refractivity contribution in [3.05, 3.63) is 0 Å². The van der Waals surface area contributed by atoms with Crippen molar-refractivity contribution in [3.8, 4) is 0 Å². The predicted octanol–water partition coefficient (Wildman–Crippen LogP) is 1.19. The summed E-state index contributed by atoms with van der Waals surface area (Å²) in [7, 11) is 0. The highest BCUT2D eigenvalue weighted by Gasteiger charge is 2.39. The van der Waals surface area contributed by atoms with E-state index in [4.69, 9.17) is 10.3 Å². The summed E-state index contributed by atoms with van der Waals surface area (Å²) in [4.78, 5) is 10.4. The molecular formula is C6H9F2NO3. The number of carboxylic acids is 1. The van der Waals surface area contributed by atoms with Crippen molar-refractivity contribution < 1.29 is 23.9 Å². The van der Waals surface area contributed by atoms with Gasteiger partial charge in [0.15, 0.2) is 0 Å². The van der Waals surface area contributed by atoms with Gasteiger partial charge < -0.3 is 10.3 Å². The third kappa shape index (κ3) is 1.90. The minimum Gasteiger partial charge on any atom is -0.481 e. The standard InChI is InChI=1S/C6H9F2NO3/c1-6(2,5(10)11)3(9-12)4(7)8/h4,12H,1-2H3,(H,10,11)/b9-3+. The van der Waals surface area contributed by atoms with Gasteiger partial charge in [-0.1, -0.05) is 5.16 Å². The molecular weight excluding hydrogens is 172 g/mol. The second-order valence-electron chi connectivity index (χ2n) is 2.72. The summed E-state index contributed by atoms with van der Waals surface area (Å²) in [5.41, 5.74) is -2.89. The highest BCUT2D eigenvalue weighted by Crippen LogP contribution is 2.22. The van der Waals surface area contributed by atoms with Crippen molar-refractivity contribution in [2.75, 3.05) is 0 Å². The normalized spacial score (nSPS) is 13.6. The van der Waals surface area contributed by atoms with Gasteiger partial charge in [0.1, 0.15) is 11.1 Å². The minimum atomic E-state index is -3.07. The molecule has 4 nitrogen and oxygen atoms in total. The van der Waals surface area contributed by atoms with Crippen LogP contribution in [0.25, 0.3) is 0 Å². The van der Waals surface area contributed by atoms with Crippen LogP contribution in [0.2, 0.25) is 0 Å². The first-order valence-electron chi connectivity index (χ1n) is 3.08. The maximum absolute atomic E-state index is 12.0. The molecule has 0 rings (SSSR count). The van der Waals surface area contributed by atoms with Gasteiger partial charge in [-0.2, -0.15) is 0 Å². The lowest BCUT2D eigenvalue weighted by atomic mass is 9.88. The second-order valence-corrected chi connectivity index (χ2v) is 2.72. The summed E-state index contributed by atoms with van der Waals surface area (Å²) in [6, 6.07) is 0. The van der Waals surface area contributed by atoms with E-state index in [1.54, 1.807) is 0 Å². The van der Waals surface area contributed by atoms with E-state index in [0.29, 0.717) is 0 Å². The maximum Gasteiger partial charge on any atom is 0.315 e. The number of halogens is 2. The third-order valence-electron chi connectivity index (χ3n) is 1.49. The molecule has 0 saturated carbocycles. The molecule has 2 N–H and O–H groups in total. The number of carbonyl (C=O) groups is 1. The van der Waals surface area contributed by atoms with Crippen LogP contribution in [0.15, 0.2) is 5.16 Å². The molecule has 0 aromatic rings. The lowest BCUT2D eigenvalue weighted by molar-refractivity contribution is -0.143. The molecule has 0 saturated heterocycles. The highest BCUT2D eigenvalue weighted by molar-refractivity contribution is 6.06. The average molecular weight is 181 g/mol. The molecule has 70 valence electrons. The van der Waals surface area contributed by atoms with Crippen LogP contribution in [0.1, 0.15) is 13.8 Å². The van der Waals surface area contributed by atoms with E-state index in [1.165, 1.54) is 0 Å². The zero-order valence-electron chi connectivity index (χ0n) is 6.58. The lowest BCUT2D eigenvalue weighted by Gasteiger charge is -2.19. The number of oxime groups is 1. The van der Waals surface area contributed by atoms with Gasteiger partial charge in [0.2, 0.25) is 0 Å². The number of nitrogens with zero attached hydrogens (tertiary/aromatic N) is 1. The maximum atomic E-state index is 12.0. The Hall–Kier alpha value is -1.20.